The Kier molecular flexibility index (Phi) is 4.60. The highest BCUT2D eigenvalue weighted by molar-refractivity contribution is 6.10. The molecule has 1 aliphatic heterocycles. The van der Waals surface area contributed by atoms with Crippen molar-refractivity contribution in [2.24, 2.45) is 0 Å². The minimum Gasteiger partial charge on any atom is -0.375 e. The second kappa shape index (κ2) is 7.45. The van der Waals surface area contributed by atoms with Gasteiger partial charge in [0, 0.05) is 23.5 Å². The van der Waals surface area contributed by atoms with Gasteiger partial charge in [-0.2, -0.15) is 0 Å². The topological polar surface area (TPSA) is 70.5 Å². The summed E-state index contributed by atoms with van der Waals surface area (Å²) < 4.78 is 0. The number of aromatic nitrogens is 1. The van der Waals surface area contributed by atoms with Crippen molar-refractivity contribution in [1.29, 1.82) is 0 Å². The Labute approximate surface area is 179 Å². The van der Waals surface area contributed by atoms with Crippen LogP contribution in [0.1, 0.15) is 27.9 Å². The predicted octanol–water partition coefficient (Wildman–Crippen LogP) is 4.24. The van der Waals surface area contributed by atoms with Gasteiger partial charge in [-0.1, -0.05) is 60.7 Å². The van der Waals surface area contributed by atoms with Gasteiger partial charge >= 0.3 is 0 Å². The number of carbonyl (C=O) groups excluding carboxylic acids is 2. The first-order valence-corrected chi connectivity index (χ1v) is 10.1. The van der Waals surface area contributed by atoms with Gasteiger partial charge in [-0.15, -0.1) is 0 Å². The summed E-state index contributed by atoms with van der Waals surface area (Å²) in [5, 5.41) is 13.6. The summed E-state index contributed by atoms with van der Waals surface area (Å²) in [6.45, 7) is 0.308. The minimum absolute atomic E-state index is 0.305. The zero-order valence-corrected chi connectivity index (χ0v) is 16.7. The Morgan fingerprint density at radius 2 is 1.61 bits per heavy atom. The molecule has 0 saturated heterocycles. The number of ketones is 1. The second-order valence-corrected chi connectivity index (χ2v) is 7.74. The molecule has 0 spiro atoms. The number of para-hydroxylation sites is 1. The summed E-state index contributed by atoms with van der Waals surface area (Å²) in [6, 6.07) is 24.3. The number of nitrogens with zero attached hydrogens (tertiary/aromatic N) is 2. The molecule has 3 aromatic carbocycles. The van der Waals surface area contributed by atoms with Crippen LogP contribution in [0.5, 0.6) is 0 Å². The van der Waals surface area contributed by atoms with E-state index in [-0.39, 0.29) is 12.2 Å². The minimum atomic E-state index is -1.90. The van der Waals surface area contributed by atoms with E-state index in [0.717, 1.165) is 16.3 Å². The molecule has 0 aliphatic carbocycles. The fourth-order valence-electron chi connectivity index (χ4n) is 4.31. The number of hydrogen-bond donors (Lipinski definition) is 1. The zero-order valence-electron chi connectivity index (χ0n) is 16.7. The number of anilines is 1. The summed E-state index contributed by atoms with van der Waals surface area (Å²) in [5.41, 5.74) is 0.585. The van der Waals surface area contributed by atoms with Gasteiger partial charge < -0.3 is 10.0 Å². The Balaban J connectivity index is 1.53. The molecule has 1 N–H and O–H groups in total. The van der Waals surface area contributed by atoms with Crippen molar-refractivity contribution in [3.63, 3.8) is 0 Å². The molecule has 152 valence electrons. The summed E-state index contributed by atoms with van der Waals surface area (Å²) >= 11 is 0. The molecule has 0 radical (unpaired) electrons. The maximum Gasteiger partial charge on any atom is 0.264 e. The highest BCUT2D eigenvalue weighted by Gasteiger charge is 2.50. The van der Waals surface area contributed by atoms with E-state index in [9.17, 15) is 14.7 Å². The van der Waals surface area contributed by atoms with Crippen LogP contribution in [0.25, 0.3) is 10.8 Å². The molecule has 31 heavy (non-hydrogen) atoms. The number of amides is 1. The lowest BCUT2D eigenvalue weighted by Gasteiger charge is -2.23. The van der Waals surface area contributed by atoms with Crippen LogP contribution in [-0.2, 0) is 16.9 Å². The third kappa shape index (κ3) is 3.20. The first-order valence-electron chi connectivity index (χ1n) is 10.1. The lowest BCUT2D eigenvalue weighted by atomic mass is 9.88. The Bertz CT molecular complexity index is 1300. The van der Waals surface area contributed by atoms with E-state index in [1.165, 1.54) is 12.4 Å². The lowest BCUT2D eigenvalue weighted by Crippen LogP contribution is -2.41. The number of aliphatic hydroxyl groups is 1. The predicted molar refractivity (Wildman–Crippen MR) is 119 cm³/mol. The van der Waals surface area contributed by atoms with Crippen LogP contribution < -0.4 is 4.90 Å². The van der Waals surface area contributed by atoms with E-state index in [1.54, 1.807) is 29.2 Å². The lowest BCUT2D eigenvalue weighted by molar-refractivity contribution is -0.136. The molecule has 1 unspecified atom stereocenters. The van der Waals surface area contributed by atoms with Crippen molar-refractivity contribution in [2.75, 3.05) is 4.90 Å². The average molecular weight is 408 g/mol. The second-order valence-electron chi connectivity index (χ2n) is 7.74. The number of pyridine rings is 1. The van der Waals surface area contributed by atoms with E-state index in [4.69, 9.17) is 0 Å². The van der Waals surface area contributed by atoms with Crippen LogP contribution in [0.2, 0.25) is 0 Å². The fourth-order valence-corrected chi connectivity index (χ4v) is 4.31. The quantitative estimate of drug-likeness (QED) is 0.502. The number of carbonyl (C=O) groups is 2. The van der Waals surface area contributed by atoms with Crippen molar-refractivity contribution in [3.8, 4) is 0 Å². The highest BCUT2D eigenvalue weighted by atomic mass is 16.3. The van der Waals surface area contributed by atoms with Crippen LogP contribution >= 0.6 is 0 Å². The van der Waals surface area contributed by atoms with Crippen molar-refractivity contribution < 1.29 is 14.7 Å². The monoisotopic (exact) mass is 408 g/mol. The largest absolute Gasteiger partial charge is 0.375 e. The van der Waals surface area contributed by atoms with Crippen molar-refractivity contribution in [2.45, 2.75) is 18.6 Å². The van der Waals surface area contributed by atoms with E-state index in [1.807, 2.05) is 54.6 Å². The zero-order chi connectivity index (χ0) is 21.4. The third-order valence-electron chi connectivity index (χ3n) is 5.87. The van der Waals surface area contributed by atoms with E-state index in [0.29, 0.717) is 23.4 Å². The van der Waals surface area contributed by atoms with Gasteiger partial charge in [0.25, 0.3) is 5.91 Å². The van der Waals surface area contributed by atoms with Gasteiger partial charge in [0.2, 0.25) is 0 Å². The van der Waals surface area contributed by atoms with E-state index in [2.05, 4.69) is 4.98 Å². The van der Waals surface area contributed by atoms with E-state index >= 15 is 0 Å². The smallest absolute Gasteiger partial charge is 0.264 e. The normalized spacial score (nSPS) is 17.7. The molecule has 4 aromatic rings. The molecular weight excluding hydrogens is 388 g/mol. The number of hydrogen-bond acceptors (Lipinski definition) is 4. The molecule has 2 heterocycles. The Morgan fingerprint density at radius 1 is 0.903 bits per heavy atom. The molecule has 1 amide bonds. The Morgan fingerprint density at radius 3 is 2.45 bits per heavy atom. The van der Waals surface area contributed by atoms with Crippen LogP contribution in [0.3, 0.4) is 0 Å². The molecule has 5 heteroatoms. The molecule has 5 nitrogen and oxygen atoms in total. The van der Waals surface area contributed by atoms with Gasteiger partial charge in [0.15, 0.2) is 11.4 Å². The molecule has 1 aromatic heterocycles. The van der Waals surface area contributed by atoms with Crippen LogP contribution in [0.15, 0.2) is 91.3 Å². The maximum absolute atomic E-state index is 13.5. The number of rotatable bonds is 5. The number of Topliss-reactive ketones (excluding diaryl/α,β-unsaturated/α-hetero) is 1. The molecule has 1 atom stereocenters. The summed E-state index contributed by atoms with van der Waals surface area (Å²) in [6.07, 6.45) is 2.72. The van der Waals surface area contributed by atoms with Gasteiger partial charge in [0.1, 0.15) is 0 Å². The highest BCUT2D eigenvalue weighted by Crippen LogP contribution is 2.43. The molecule has 5 rings (SSSR count). The van der Waals surface area contributed by atoms with Crippen LogP contribution in [-0.4, -0.2) is 21.8 Å². The molecule has 0 saturated carbocycles. The number of benzene rings is 3. The van der Waals surface area contributed by atoms with Gasteiger partial charge in [-0.05, 0) is 34.5 Å². The van der Waals surface area contributed by atoms with Gasteiger partial charge in [0.05, 0.1) is 18.7 Å². The molecule has 0 bridgehead atoms. The molecule has 1 aliphatic rings. The van der Waals surface area contributed by atoms with Crippen molar-refractivity contribution in [3.05, 3.63) is 108 Å². The molecule has 0 fully saturated rings. The average Bonchev–Trinajstić information content (AvgIpc) is 3.02. The Hall–Kier alpha value is -3.83. The fraction of sp³-hybridized carbons (Fsp3) is 0.115. The first-order chi connectivity index (χ1) is 15.1. The summed E-state index contributed by atoms with van der Waals surface area (Å²) in [4.78, 5) is 31.8. The summed E-state index contributed by atoms with van der Waals surface area (Å²) in [7, 11) is 0. The SMILES string of the molecule is O=C(CC1(O)C(=O)N(Cc2cccc3ccccc23)c2ccccc21)c1ccncc1. The van der Waals surface area contributed by atoms with Crippen molar-refractivity contribution in [1.82, 2.24) is 4.98 Å². The molecular formula is C26H20N2O3. The van der Waals surface area contributed by atoms with Crippen LogP contribution in [0, 0.1) is 0 Å². The van der Waals surface area contributed by atoms with Crippen molar-refractivity contribution >= 4 is 28.2 Å². The standard InChI is InChI=1S/C26H20N2O3/c29-24(19-12-14-27-15-13-19)16-26(31)22-10-3-4-11-23(22)28(25(26)30)17-20-8-5-7-18-6-1-2-9-21(18)20/h1-15,31H,16-17H2. The number of fused-ring (bicyclic) bond motifs is 2. The first kappa shape index (κ1) is 19.2. The van der Waals surface area contributed by atoms with Gasteiger partial charge in [-0.25, -0.2) is 0 Å². The maximum atomic E-state index is 13.5. The van der Waals surface area contributed by atoms with E-state index < -0.39 is 11.5 Å². The van der Waals surface area contributed by atoms with Crippen LogP contribution in [0.4, 0.5) is 5.69 Å². The third-order valence-corrected chi connectivity index (χ3v) is 5.87. The van der Waals surface area contributed by atoms with Gasteiger partial charge in [-0.3, -0.25) is 14.6 Å². The summed E-state index contributed by atoms with van der Waals surface area (Å²) in [5.74, 6) is -0.788.